The predicted molar refractivity (Wildman–Crippen MR) is 92.8 cm³/mol. The van der Waals surface area contributed by atoms with Gasteiger partial charge in [-0.15, -0.1) is 0 Å². The number of hydrogen-bond acceptors (Lipinski definition) is 5. The molecule has 24 heavy (non-hydrogen) atoms. The Morgan fingerprint density at radius 2 is 1.92 bits per heavy atom. The highest BCUT2D eigenvalue weighted by Crippen LogP contribution is 2.14. The van der Waals surface area contributed by atoms with Crippen LogP contribution in [-0.4, -0.2) is 98.6 Å². The second-order valence-electron chi connectivity index (χ2n) is 6.81. The largest absolute Gasteiger partial charge is 0.377 e. The Kier molecular flexibility index (Phi) is 7.94. The van der Waals surface area contributed by atoms with Crippen LogP contribution < -0.4 is 5.32 Å². The Morgan fingerprint density at radius 3 is 2.54 bits per heavy atom. The maximum absolute atomic E-state index is 12.3. The minimum atomic E-state index is -0.0888. The first-order valence-electron chi connectivity index (χ1n) is 9.15. The van der Waals surface area contributed by atoms with Gasteiger partial charge in [-0.05, 0) is 19.3 Å². The molecule has 0 aromatic carbocycles. The van der Waals surface area contributed by atoms with Gasteiger partial charge < -0.3 is 15.0 Å². The van der Waals surface area contributed by atoms with Gasteiger partial charge in [0, 0.05) is 52.9 Å². The van der Waals surface area contributed by atoms with Crippen LogP contribution in [-0.2, 0) is 14.3 Å². The molecule has 0 spiro atoms. The number of amides is 2. The van der Waals surface area contributed by atoms with Gasteiger partial charge in [-0.25, -0.2) is 0 Å². The fourth-order valence-electron chi connectivity index (χ4n) is 3.14. The molecule has 0 radical (unpaired) electrons. The van der Waals surface area contributed by atoms with Crippen molar-refractivity contribution in [1.82, 2.24) is 20.0 Å². The van der Waals surface area contributed by atoms with Gasteiger partial charge in [-0.1, -0.05) is 6.92 Å². The summed E-state index contributed by atoms with van der Waals surface area (Å²) in [4.78, 5) is 30.1. The topological polar surface area (TPSA) is 65.1 Å². The molecule has 0 aromatic rings. The number of likely N-dealkylation sites (N-methyl/N-ethyl adjacent to an activating group) is 1. The molecule has 7 nitrogen and oxygen atoms in total. The quantitative estimate of drug-likeness (QED) is 0.661. The number of piperazine rings is 1. The molecule has 0 aromatic heterocycles. The van der Waals surface area contributed by atoms with E-state index in [9.17, 15) is 9.59 Å². The molecule has 1 N–H and O–H groups in total. The number of rotatable bonds is 8. The summed E-state index contributed by atoms with van der Waals surface area (Å²) in [5.41, 5.74) is 0. The normalized spacial score (nSPS) is 22.5. The van der Waals surface area contributed by atoms with E-state index in [1.54, 1.807) is 7.05 Å². The smallest absolute Gasteiger partial charge is 0.239 e. The van der Waals surface area contributed by atoms with Crippen molar-refractivity contribution in [2.24, 2.45) is 0 Å². The molecule has 2 rings (SSSR count). The van der Waals surface area contributed by atoms with E-state index in [0.717, 1.165) is 45.8 Å². The standard InChI is InChI=1S/C17H32N4O3/c1-3-6-18-16(22)13-19(2)17(23)14-21-9-7-20(8-10-21)12-15-5-4-11-24-15/h15H,3-14H2,1-2H3,(H,18,22). The highest BCUT2D eigenvalue weighted by Gasteiger charge is 2.24. The number of hydrogen-bond donors (Lipinski definition) is 1. The highest BCUT2D eigenvalue weighted by atomic mass is 16.5. The van der Waals surface area contributed by atoms with Crippen LogP contribution in [0.4, 0.5) is 0 Å². The monoisotopic (exact) mass is 340 g/mol. The first kappa shape index (κ1) is 19.1. The molecule has 2 aliphatic rings. The molecule has 1 unspecified atom stereocenters. The van der Waals surface area contributed by atoms with E-state index in [1.165, 1.54) is 17.7 Å². The van der Waals surface area contributed by atoms with E-state index < -0.39 is 0 Å². The molecule has 2 amide bonds. The zero-order valence-electron chi connectivity index (χ0n) is 15.1. The molecule has 138 valence electrons. The van der Waals surface area contributed by atoms with Crippen LogP contribution in [0.1, 0.15) is 26.2 Å². The van der Waals surface area contributed by atoms with Gasteiger partial charge in [0.15, 0.2) is 0 Å². The second kappa shape index (κ2) is 9.96. The van der Waals surface area contributed by atoms with Gasteiger partial charge in [-0.3, -0.25) is 19.4 Å². The molecule has 2 fully saturated rings. The lowest BCUT2D eigenvalue weighted by Crippen LogP contribution is -2.51. The van der Waals surface area contributed by atoms with E-state index in [2.05, 4.69) is 15.1 Å². The molecule has 2 aliphatic heterocycles. The SMILES string of the molecule is CCCNC(=O)CN(C)C(=O)CN1CCN(CC2CCCO2)CC1. The lowest BCUT2D eigenvalue weighted by Gasteiger charge is -2.35. The minimum absolute atomic E-state index is 0.00854. The lowest BCUT2D eigenvalue weighted by molar-refractivity contribution is -0.136. The fourth-order valence-corrected chi connectivity index (χ4v) is 3.14. The first-order valence-corrected chi connectivity index (χ1v) is 9.15. The summed E-state index contributed by atoms with van der Waals surface area (Å²) >= 11 is 0. The molecule has 7 heteroatoms. The summed E-state index contributed by atoms with van der Waals surface area (Å²) < 4.78 is 5.69. The summed E-state index contributed by atoms with van der Waals surface area (Å²) in [7, 11) is 1.70. The van der Waals surface area contributed by atoms with E-state index in [0.29, 0.717) is 19.2 Å². The Balaban J connectivity index is 1.63. The van der Waals surface area contributed by atoms with Crippen LogP contribution >= 0.6 is 0 Å². The van der Waals surface area contributed by atoms with Crippen molar-refractivity contribution < 1.29 is 14.3 Å². The Labute approximate surface area is 145 Å². The van der Waals surface area contributed by atoms with Gasteiger partial charge >= 0.3 is 0 Å². The van der Waals surface area contributed by atoms with Gasteiger partial charge in [0.25, 0.3) is 0 Å². The number of nitrogens with zero attached hydrogens (tertiary/aromatic N) is 3. The van der Waals surface area contributed by atoms with Gasteiger partial charge in [0.05, 0.1) is 19.2 Å². The number of nitrogens with one attached hydrogen (secondary N) is 1. The zero-order chi connectivity index (χ0) is 17.4. The molecule has 0 bridgehead atoms. The third kappa shape index (κ3) is 6.37. The lowest BCUT2D eigenvalue weighted by atomic mass is 10.2. The van der Waals surface area contributed by atoms with Crippen molar-refractivity contribution >= 4 is 11.8 Å². The molecular formula is C17H32N4O3. The number of carbonyl (C=O) groups excluding carboxylic acids is 2. The molecule has 2 heterocycles. The zero-order valence-corrected chi connectivity index (χ0v) is 15.1. The van der Waals surface area contributed by atoms with E-state index in [1.807, 2.05) is 6.92 Å². The highest BCUT2D eigenvalue weighted by molar-refractivity contribution is 5.85. The first-order chi connectivity index (χ1) is 11.6. The summed E-state index contributed by atoms with van der Waals surface area (Å²) in [6, 6.07) is 0. The molecule has 0 saturated carbocycles. The van der Waals surface area contributed by atoms with Crippen molar-refractivity contribution in [1.29, 1.82) is 0 Å². The maximum Gasteiger partial charge on any atom is 0.239 e. The van der Waals surface area contributed by atoms with E-state index in [4.69, 9.17) is 4.74 Å². The average molecular weight is 340 g/mol. The second-order valence-corrected chi connectivity index (χ2v) is 6.81. The molecule has 1 atom stereocenters. The third-order valence-corrected chi connectivity index (χ3v) is 4.69. The van der Waals surface area contributed by atoms with Gasteiger partial charge in [0.1, 0.15) is 0 Å². The summed E-state index contributed by atoms with van der Waals surface area (Å²) in [5, 5.41) is 2.80. The predicted octanol–water partition coefficient (Wildman–Crippen LogP) is -0.232. The average Bonchev–Trinajstić information content (AvgIpc) is 3.07. The maximum atomic E-state index is 12.3. The Morgan fingerprint density at radius 1 is 1.21 bits per heavy atom. The Bertz CT molecular complexity index is 405. The summed E-state index contributed by atoms with van der Waals surface area (Å²) in [5.74, 6) is -0.0803. The van der Waals surface area contributed by atoms with Crippen LogP contribution in [0.25, 0.3) is 0 Å². The van der Waals surface area contributed by atoms with Gasteiger partial charge in [0.2, 0.25) is 11.8 Å². The van der Waals surface area contributed by atoms with Crippen molar-refractivity contribution in [3.8, 4) is 0 Å². The van der Waals surface area contributed by atoms with Crippen molar-refractivity contribution in [3.05, 3.63) is 0 Å². The fraction of sp³-hybridized carbons (Fsp3) is 0.882. The van der Waals surface area contributed by atoms with Crippen LogP contribution in [0.15, 0.2) is 0 Å². The van der Waals surface area contributed by atoms with Crippen LogP contribution in [0, 0.1) is 0 Å². The third-order valence-electron chi connectivity index (χ3n) is 4.69. The van der Waals surface area contributed by atoms with E-state index in [-0.39, 0.29) is 18.4 Å². The van der Waals surface area contributed by atoms with Crippen LogP contribution in [0.3, 0.4) is 0 Å². The molecule has 0 aliphatic carbocycles. The van der Waals surface area contributed by atoms with Crippen molar-refractivity contribution in [2.75, 3.05) is 66.0 Å². The summed E-state index contributed by atoms with van der Waals surface area (Å²) in [6.45, 7) is 8.87. The molecular weight excluding hydrogens is 308 g/mol. The van der Waals surface area contributed by atoms with Crippen molar-refractivity contribution in [2.45, 2.75) is 32.3 Å². The molecule has 2 saturated heterocycles. The minimum Gasteiger partial charge on any atom is -0.377 e. The Hall–Kier alpha value is -1.18. The number of ether oxygens (including phenoxy) is 1. The van der Waals surface area contributed by atoms with Crippen molar-refractivity contribution in [3.63, 3.8) is 0 Å². The van der Waals surface area contributed by atoms with E-state index >= 15 is 0 Å². The van der Waals surface area contributed by atoms with Crippen LogP contribution in [0.2, 0.25) is 0 Å². The summed E-state index contributed by atoms with van der Waals surface area (Å²) in [6.07, 6.45) is 3.64. The van der Waals surface area contributed by atoms with Crippen LogP contribution in [0.5, 0.6) is 0 Å². The number of carbonyl (C=O) groups is 2. The van der Waals surface area contributed by atoms with Gasteiger partial charge in [-0.2, -0.15) is 0 Å².